The Morgan fingerprint density at radius 2 is 1.75 bits per heavy atom. The van der Waals surface area contributed by atoms with E-state index in [1.807, 2.05) is 30.3 Å². The van der Waals surface area contributed by atoms with Crippen molar-refractivity contribution in [2.75, 3.05) is 12.0 Å². The maximum absolute atomic E-state index is 12.9. The van der Waals surface area contributed by atoms with Crippen molar-refractivity contribution in [3.05, 3.63) is 83.4 Å². The zero-order valence-corrected chi connectivity index (χ0v) is 15.0. The first-order valence-electron chi connectivity index (χ1n) is 8.63. The summed E-state index contributed by atoms with van der Waals surface area (Å²) in [6.07, 6.45) is -1.33. The van der Waals surface area contributed by atoms with Crippen molar-refractivity contribution in [1.29, 1.82) is 0 Å². The summed E-state index contributed by atoms with van der Waals surface area (Å²) >= 11 is 0. The molecule has 0 radical (unpaired) electrons. The monoisotopic (exact) mass is 375 g/mol. The van der Waals surface area contributed by atoms with Gasteiger partial charge in [-0.1, -0.05) is 36.4 Å². The van der Waals surface area contributed by atoms with E-state index in [2.05, 4.69) is 0 Å². The van der Waals surface area contributed by atoms with Gasteiger partial charge in [-0.3, -0.25) is 9.69 Å². The molecule has 1 aliphatic heterocycles. The van der Waals surface area contributed by atoms with Gasteiger partial charge in [-0.25, -0.2) is 4.79 Å². The summed E-state index contributed by atoms with van der Waals surface area (Å²) in [4.78, 5) is 25.8. The molecular formula is C22H17NO5. The molecule has 1 heterocycles. The SMILES string of the molecule is COC(=O)c1ccc2c(c1)C(O)N(c1cc(-c3ccccc3)ccc1O)C2=O. The van der Waals surface area contributed by atoms with Crippen molar-refractivity contribution in [3.8, 4) is 16.9 Å². The molecule has 1 unspecified atom stereocenters. The van der Waals surface area contributed by atoms with Gasteiger partial charge >= 0.3 is 5.97 Å². The number of phenols is 1. The molecule has 0 aliphatic carbocycles. The van der Waals surface area contributed by atoms with Gasteiger partial charge in [0.15, 0.2) is 6.23 Å². The molecule has 0 spiro atoms. The minimum Gasteiger partial charge on any atom is -0.506 e. The summed E-state index contributed by atoms with van der Waals surface area (Å²) in [6.45, 7) is 0. The van der Waals surface area contributed by atoms with Crippen LogP contribution < -0.4 is 4.90 Å². The molecule has 140 valence electrons. The highest BCUT2D eigenvalue weighted by Gasteiger charge is 2.38. The number of hydrogen-bond donors (Lipinski definition) is 2. The molecule has 28 heavy (non-hydrogen) atoms. The molecule has 1 amide bonds. The second kappa shape index (κ2) is 6.83. The highest BCUT2D eigenvalue weighted by molar-refractivity contribution is 6.12. The molecule has 0 aromatic heterocycles. The Bertz CT molecular complexity index is 1080. The maximum atomic E-state index is 12.9. The number of aliphatic hydroxyl groups excluding tert-OH is 1. The topological polar surface area (TPSA) is 87.1 Å². The number of nitrogens with zero attached hydrogens (tertiary/aromatic N) is 1. The van der Waals surface area contributed by atoms with Crippen LogP contribution in [0.1, 0.15) is 32.5 Å². The van der Waals surface area contributed by atoms with Crippen LogP contribution in [0.15, 0.2) is 66.7 Å². The van der Waals surface area contributed by atoms with Crippen LogP contribution in [-0.2, 0) is 4.74 Å². The molecule has 3 aromatic rings. The molecule has 0 saturated carbocycles. The number of amides is 1. The van der Waals surface area contributed by atoms with E-state index in [9.17, 15) is 19.8 Å². The molecule has 4 rings (SSSR count). The minimum absolute atomic E-state index is 0.131. The van der Waals surface area contributed by atoms with Crippen LogP contribution in [0.2, 0.25) is 0 Å². The van der Waals surface area contributed by atoms with Crippen molar-refractivity contribution in [2.24, 2.45) is 0 Å². The lowest BCUT2D eigenvalue weighted by Crippen LogP contribution is -2.27. The summed E-state index contributed by atoms with van der Waals surface area (Å²) in [7, 11) is 1.26. The first kappa shape index (κ1) is 17.8. The quantitative estimate of drug-likeness (QED) is 0.684. The number of anilines is 1. The average molecular weight is 375 g/mol. The van der Waals surface area contributed by atoms with E-state index in [1.54, 1.807) is 12.1 Å². The molecule has 1 atom stereocenters. The number of rotatable bonds is 3. The lowest BCUT2D eigenvalue weighted by molar-refractivity contribution is 0.0600. The van der Waals surface area contributed by atoms with E-state index in [4.69, 9.17) is 4.74 Å². The second-order valence-electron chi connectivity index (χ2n) is 6.41. The van der Waals surface area contributed by atoms with E-state index < -0.39 is 18.1 Å². The van der Waals surface area contributed by atoms with Crippen LogP contribution in [-0.4, -0.2) is 29.2 Å². The Morgan fingerprint density at radius 3 is 2.46 bits per heavy atom. The van der Waals surface area contributed by atoms with E-state index in [0.29, 0.717) is 0 Å². The normalized spacial score (nSPS) is 15.4. The number of benzene rings is 3. The molecule has 0 saturated heterocycles. The number of methoxy groups -OCH3 is 1. The van der Waals surface area contributed by atoms with Crippen molar-refractivity contribution >= 4 is 17.6 Å². The lowest BCUT2D eigenvalue weighted by atomic mass is 10.0. The number of carbonyl (C=O) groups is 2. The van der Waals surface area contributed by atoms with Crippen LogP contribution >= 0.6 is 0 Å². The van der Waals surface area contributed by atoms with Crippen LogP contribution in [0.3, 0.4) is 0 Å². The maximum Gasteiger partial charge on any atom is 0.337 e. The summed E-state index contributed by atoms with van der Waals surface area (Å²) in [5, 5.41) is 21.1. The lowest BCUT2D eigenvalue weighted by Gasteiger charge is -2.22. The average Bonchev–Trinajstić information content (AvgIpc) is 2.98. The largest absolute Gasteiger partial charge is 0.506 e. The third-order valence-electron chi connectivity index (χ3n) is 4.79. The van der Waals surface area contributed by atoms with Gasteiger partial charge in [-0.05, 0) is 41.5 Å². The number of ether oxygens (including phenoxy) is 1. The Morgan fingerprint density at radius 1 is 1.00 bits per heavy atom. The molecule has 3 aromatic carbocycles. The molecule has 2 N–H and O–H groups in total. The van der Waals surface area contributed by atoms with Gasteiger partial charge in [0.1, 0.15) is 5.75 Å². The smallest absolute Gasteiger partial charge is 0.337 e. The summed E-state index contributed by atoms with van der Waals surface area (Å²) in [5.74, 6) is -1.15. The summed E-state index contributed by atoms with van der Waals surface area (Å²) in [6, 6.07) is 18.8. The summed E-state index contributed by atoms with van der Waals surface area (Å²) in [5.41, 5.74) is 2.68. The van der Waals surface area contributed by atoms with Gasteiger partial charge in [0.05, 0.1) is 18.4 Å². The van der Waals surface area contributed by atoms with E-state index in [1.165, 1.54) is 31.4 Å². The molecule has 0 fully saturated rings. The second-order valence-corrected chi connectivity index (χ2v) is 6.41. The van der Waals surface area contributed by atoms with Gasteiger partial charge in [0.2, 0.25) is 0 Å². The number of aromatic hydroxyl groups is 1. The van der Waals surface area contributed by atoms with Crippen LogP contribution in [0.4, 0.5) is 5.69 Å². The van der Waals surface area contributed by atoms with E-state index in [0.717, 1.165) is 16.0 Å². The van der Waals surface area contributed by atoms with Crippen LogP contribution in [0.5, 0.6) is 5.75 Å². The van der Waals surface area contributed by atoms with Crippen molar-refractivity contribution in [3.63, 3.8) is 0 Å². The van der Waals surface area contributed by atoms with Gasteiger partial charge in [-0.15, -0.1) is 0 Å². The fourth-order valence-corrected chi connectivity index (χ4v) is 3.36. The van der Waals surface area contributed by atoms with E-state index in [-0.39, 0.29) is 28.1 Å². The number of phenolic OH excluding ortho intramolecular Hbond substituents is 1. The molecule has 6 nitrogen and oxygen atoms in total. The Labute approximate surface area is 161 Å². The first-order valence-corrected chi connectivity index (χ1v) is 8.63. The number of hydrogen-bond acceptors (Lipinski definition) is 5. The highest BCUT2D eigenvalue weighted by atomic mass is 16.5. The Kier molecular flexibility index (Phi) is 4.33. The van der Waals surface area contributed by atoms with Crippen molar-refractivity contribution in [2.45, 2.75) is 6.23 Å². The Hall–Kier alpha value is -3.64. The van der Waals surface area contributed by atoms with Crippen molar-refractivity contribution in [1.82, 2.24) is 0 Å². The molecule has 6 heteroatoms. The fraction of sp³-hybridized carbons (Fsp3) is 0.0909. The van der Waals surface area contributed by atoms with Gasteiger partial charge < -0.3 is 14.9 Å². The number of fused-ring (bicyclic) bond motifs is 1. The number of esters is 1. The minimum atomic E-state index is -1.33. The Balaban J connectivity index is 1.78. The van der Waals surface area contributed by atoms with Crippen molar-refractivity contribution < 1.29 is 24.5 Å². The predicted molar refractivity (Wildman–Crippen MR) is 103 cm³/mol. The van der Waals surface area contributed by atoms with Crippen LogP contribution in [0.25, 0.3) is 11.1 Å². The van der Waals surface area contributed by atoms with E-state index >= 15 is 0 Å². The number of carbonyl (C=O) groups excluding carboxylic acids is 2. The zero-order chi connectivity index (χ0) is 19.8. The predicted octanol–water partition coefficient (Wildman–Crippen LogP) is 3.50. The number of aliphatic hydroxyl groups is 1. The fourth-order valence-electron chi connectivity index (χ4n) is 3.36. The van der Waals surface area contributed by atoms with Crippen LogP contribution in [0, 0.1) is 0 Å². The molecule has 1 aliphatic rings. The van der Waals surface area contributed by atoms with Gasteiger partial charge in [0, 0.05) is 11.1 Å². The third-order valence-corrected chi connectivity index (χ3v) is 4.79. The standard InChI is InChI=1S/C22H17NO5/c1-28-22(27)15-7-9-16-17(11-15)21(26)23(20(16)25)18-12-14(8-10-19(18)24)13-5-3-2-4-6-13/h2-12,21,24,26H,1H3. The van der Waals surface area contributed by atoms with Gasteiger partial charge in [0.25, 0.3) is 5.91 Å². The third kappa shape index (κ3) is 2.80. The zero-order valence-electron chi connectivity index (χ0n) is 15.0. The molecular weight excluding hydrogens is 358 g/mol. The first-order chi connectivity index (χ1) is 13.5. The van der Waals surface area contributed by atoms with Gasteiger partial charge in [-0.2, -0.15) is 0 Å². The molecule has 0 bridgehead atoms. The summed E-state index contributed by atoms with van der Waals surface area (Å²) < 4.78 is 4.69. The highest BCUT2D eigenvalue weighted by Crippen LogP contribution is 2.41.